The Morgan fingerprint density at radius 2 is 1.71 bits per heavy atom. The van der Waals surface area contributed by atoms with Gasteiger partial charge in [0.1, 0.15) is 0 Å². The monoisotopic (exact) mass is 431 g/mol. The summed E-state index contributed by atoms with van der Waals surface area (Å²) in [5, 5.41) is 3.22. The molecular formula is C18H20ClF2N3O3S. The van der Waals surface area contributed by atoms with Gasteiger partial charge in [0, 0.05) is 30.9 Å². The van der Waals surface area contributed by atoms with Gasteiger partial charge < -0.3 is 10.2 Å². The molecule has 0 aromatic heterocycles. The van der Waals surface area contributed by atoms with E-state index in [1.165, 1.54) is 24.3 Å². The second-order valence-corrected chi connectivity index (χ2v) is 7.84. The van der Waals surface area contributed by atoms with Crippen LogP contribution in [0.2, 0.25) is 0 Å². The summed E-state index contributed by atoms with van der Waals surface area (Å²) in [4.78, 5) is 13.9. The molecule has 0 bridgehead atoms. The SMILES string of the molecule is Cl.O=C(c1ccc(NS(=O)(=O)c2ccc(F)c(F)c2)cc1)N1CCCNCC1. The van der Waals surface area contributed by atoms with Gasteiger partial charge in [-0.25, -0.2) is 17.2 Å². The Kier molecular flexibility index (Phi) is 7.34. The Bertz CT molecular complexity index is 932. The number of hydrogen-bond acceptors (Lipinski definition) is 4. The van der Waals surface area contributed by atoms with E-state index in [1.807, 2.05) is 0 Å². The maximum atomic E-state index is 13.3. The van der Waals surface area contributed by atoms with Crippen LogP contribution in [-0.2, 0) is 10.0 Å². The third-order valence-corrected chi connectivity index (χ3v) is 5.59. The van der Waals surface area contributed by atoms with Gasteiger partial charge in [-0.05, 0) is 55.4 Å². The molecule has 0 spiro atoms. The first-order valence-electron chi connectivity index (χ1n) is 8.45. The van der Waals surface area contributed by atoms with Gasteiger partial charge in [-0.1, -0.05) is 0 Å². The molecule has 28 heavy (non-hydrogen) atoms. The van der Waals surface area contributed by atoms with Crippen LogP contribution in [0.5, 0.6) is 0 Å². The third kappa shape index (κ3) is 5.18. The highest BCUT2D eigenvalue weighted by Gasteiger charge is 2.19. The molecule has 1 heterocycles. The third-order valence-electron chi connectivity index (χ3n) is 4.21. The quantitative estimate of drug-likeness (QED) is 0.780. The van der Waals surface area contributed by atoms with Crippen LogP contribution in [0.4, 0.5) is 14.5 Å². The van der Waals surface area contributed by atoms with Gasteiger partial charge in [0.15, 0.2) is 11.6 Å². The smallest absolute Gasteiger partial charge is 0.261 e. The van der Waals surface area contributed by atoms with E-state index in [1.54, 1.807) is 4.90 Å². The maximum Gasteiger partial charge on any atom is 0.261 e. The number of nitrogens with one attached hydrogen (secondary N) is 2. The zero-order valence-electron chi connectivity index (χ0n) is 14.8. The Balaban J connectivity index is 0.00000280. The standard InChI is InChI=1S/C18H19F2N3O3S.ClH/c19-16-7-6-15(12-17(16)20)27(25,26)22-14-4-2-13(3-5-14)18(24)23-10-1-8-21-9-11-23;/h2-7,12,21-22H,1,8-11H2;1H. The number of carbonyl (C=O) groups excluding carboxylic acids is 1. The Morgan fingerprint density at radius 3 is 2.39 bits per heavy atom. The second-order valence-electron chi connectivity index (χ2n) is 6.15. The molecule has 2 N–H and O–H groups in total. The topological polar surface area (TPSA) is 78.5 Å². The minimum atomic E-state index is -4.07. The lowest BCUT2D eigenvalue weighted by atomic mass is 10.2. The predicted octanol–water partition coefficient (Wildman–Crippen LogP) is 2.62. The van der Waals surface area contributed by atoms with E-state index >= 15 is 0 Å². The van der Waals surface area contributed by atoms with E-state index in [-0.39, 0.29) is 24.0 Å². The molecule has 0 radical (unpaired) electrons. The van der Waals surface area contributed by atoms with Crippen molar-refractivity contribution in [2.45, 2.75) is 11.3 Å². The first-order valence-corrected chi connectivity index (χ1v) is 9.93. The van der Waals surface area contributed by atoms with Crippen molar-refractivity contribution in [3.8, 4) is 0 Å². The van der Waals surface area contributed by atoms with Gasteiger partial charge in [-0.2, -0.15) is 0 Å². The highest BCUT2D eigenvalue weighted by atomic mass is 35.5. The van der Waals surface area contributed by atoms with Gasteiger partial charge in [-0.15, -0.1) is 12.4 Å². The molecule has 1 amide bonds. The second kappa shape index (κ2) is 9.31. The molecule has 152 valence electrons. The lowest BCUT2D eigenvalue weighted by Crippen LogP contribution is -2.34. The van der Waals surface area contributed by atoms with E-state index in [0.717, 1.165) is 31.6 Å². The van der Waals surface area contributed by atoms with E-state index < -0.39 is 26.6 Å². The Morgan fingerprint density at radius 1 is 1.00 bits per heavy atom. The molecule has 1 aliphatic heterocycles. The number of amides is 1. The summed E-state index contributed by atoms with van der Waals surface area (Å²) in [5.41, 5.74) is 0.668. The maximum absolute atomic E-state index is 13.3. The lowest BCUT2D eigenvalue weighted by Gasteiger charge is -2.20. The van der Waals surface area contributed by atoms with Crippen LogP contribution >= 0.6 is 12.4 Å². The summed E-state index contributed by atoms with van der Waals surface area (Å²) in [6, 6.07) is 8.33. The molecule has 0 unspecified atom stereocenters. The molecule has 0 atom stereocenters. The number of nitrogens with zero attached hydrogens (tertiary/aromatic N) is 1. The zero-order valence-corrected chi connectivity index (χ0v) is 16.5. The zero-order chi connectivity index (χ0) is 19.4. The van der Waals surface area contributed by atoms with Crippen LogP contribution in [0, 0.1) is 11.6 Å². The van der Waals surface area contributed by atoms with Crippen LogP contribution in [-0.4, -0.2) is 45.4 Å². The van der Waals surface area contributed by atoms with Crippen molar-refractivity contribution >= 4 is 34.0 Å². The molecule has 0 saturated carbocycles. The van der Waals surface area contributed by atoms with Crippen molar-refractivity contribution in [1.82, 2.24) is 10.2 Å². The molecule has 2 aromatic carbocycles. The summed E-state index contributed by atoms with van der Waals surface area (Å²) < 4.78 is 53.1. The van der Waals surface area contributed by atoms with Crippen LogP contribution in [0.25, 0.3) is 0 Å². The Labute approximate surface area is 168 Å². The van der Waals surface area contributed by atoms with Gasteiger partial charge in [0.05, 0.1) is 4.90 Å². The number of anilines is 1. The van der Waals surface area contributed by atoms with Crippen LogP contribution in [0.3, 0.4) is 0 Å². The summed E-state index contributed by atoms with van der Waals surface area (Å²) in [6.45, 7) is 2.88. The van der Waals surface area contributed by atoms with E-state index in [9.17, 15) is 22.0 Å². The largest absolute Gasteiger partial charge is 0.337 e. The van der Waals surface area contributed by atoms with Crippen molar-refractivity contribution in [2.24, 2.45) is 0 Å². The molecule has 2 aromatic rings. The first-order chi connectivity index (χ1) is 12.9. The van der Waals surface area contributed by atoms with Crippen molar-refractivity contribution in [3.05, 3.63) is 59.7 Å². The number of benzene rings is 2. The summed E-state index contributed by atoms with van der Waals surface area (Å²) in [7, 11) is -4.07. The van der Waals surface area contributed by atoms with Crippen molar-refractivity contribution in [3.63, 3.8) is 0 Å². The first kappa shape index (κ1) is 22.1. The van der Waals surface area contributed by atoms with Gasteiger partial charge in [-0.3, -0.25) is 9.52 Å². The summed E-state index contributed by atoms with van der Waals surface area (Å²) >= 11 is 0. The fraction of sp³-hybridized carbons (Fsp3) is 0.278. The van der Waals surface area contributed by atoms with Crippen molar-refractivity contribution in [1.29, 1.82) is 0 Å². The number of sulfonamides is 1. The van der Waals surface area contributed by atoms with Crippen LogP contribution in [0.1, 0.15) is 16.8 Å². The van der Waals surface area contributed by atoms with E-state index in [0.29, 0.717) is 24.7 Å². The minimum Gasteiger partial charge on any atom is -0.337 e. The van der Waals surface area contributed by atoms with Crippen molar-refractivity contribution in [2.75, 3.05) is 30.9 Å². The summed E-state index contributed by atoms with van der Waals surface area (Å²) in [6.07, 6.45) is 0.873. The normalized spacial score (nSPS) is 14.7. The molecule has 6 nitrogen and oxygen atoms in total. The number of rotatable bonds is 4. The van der Waals surface area contributed by atoms with Gasteiger partial charge in [0.2, 0.25) is 0 Å². The fourth-order valence-corrected chi connectivity index (χ4v) is 3.84. The highest BCUT2D eigenvalue weighted by Crippen LogP contribution is 2.19. The molecule has 3 rings (SSSR count). The van der Waals surface area contributed by atoms with Crippen LogP contribution in [0.15, 0.2) is 47.4 Å². The predicted molar refractivity (Wildman–Crippen MR) is 104 cm³/mol. The summed E-state index contributed by atoms with van der Waals surface area (Å²) in [5.74, 6) is -2.49. The Hall–Kier alpha value is -2.23. The fourth-order valence-electron chi connectivity index (χ4n) is 2.77. The number of hydrogen-bond donors (Lipinski definition) is 2. The molecule has 0 aliphatic carbocycles. The van der Waals surface area contributed by atoms with Gasteiger partial charge in [0.25, 0.3) is 15.9 Å². The van der Waals surface area contributed by atoms with Crippen molar-refractivity contribution < 1.29 is 22.0 Å². The average molecular weight is 432 g/mol. The molecule has 10 heteroatoms. The van der Waals surface area contributed by atoms with E-state index in [4.69, 9.17) is 0 Å². The minimum absolute atomic E-state index is 0. The van der Waals surface area contributed by atoms with Gasteiger partial charge >= 0.3 is 0 Å². The van der Waals surface area contributed by atoms with E-state index in [2.05, 4.69) is 10.0 Å². The highest BCUT2D eigenvalue weighted by molar-refractivity contribution is 7.92. The lowest BCUT2D eigenvalue weighted by molar-refractivity contribution is 0.0766. The average Bonchev–Trinajstić information content (AvgIpc) is 2.93. The number of carbonyl (C=O) groups is 1. The number of halogens is 3. The van der Waals surface area contributed by atoms with Crippen LogP contribution < -0.4 is 10.0 Å². The molecule has 1 aliphatic rings. The molecule has 1 saturated heterocycles. The molecule has 1 fully saturated rings. The molecular weight excluding hydrogens is 412 g/mol.